The van der Waals surface area contributed by atoms with E-state index in [2.05, 4.69) is 10.3 Å². The molecule has 0 radical (unpaired) electrons. The van der Waals surface area contributed by atoms with Crippen molar-refractivity contribution in [2.24, 2.45) is 4.99 Å². The zero-order valence-electron chi connectivity index (χ0n) is 12.9. The number of methoxy groups -OCH3 is 1. The summed E-state index contributed by atoms with van der Waals surface area (Å²) in [6.07, 6.45) is 0. The first-order chi connectivity index (χ1) is 10.2. The van der Waals surface area contributed by atoms with Crippen LogP contribution in [0, 0.1) is 0 Å². The van der Waals surface area contributed by atoms with Crippen LogP contribution in [-0.4, -0.2) is 57.9 Å². The summed E-state index contributed by atoms with van der Waals surface area (Å²) in [4.78, 5) is 6.51. The van der Waals surface area contributed by atoms with Crippen molar-refractivity contribution in [2.45, 2.75) is 6.92 Å². The standard InChI is InChI=1S/C15H24ClN3O2/c1-4-17-15(18-9-11-20-3)19(2)10-12-21-14-7-5-13(16)6-8-14/h5-8H,4,9-12H2,1-3H3,(H,17,18). The highest BCUT2D eigenvalue weighted by atomic mass is 35.5. The van der Waals surface area contributed by atoms with Crippen molar-refractivity contribution in [3.05, 3.63) is 29.3 Å². The third kappa shape index (κ3) is 7.20. The van der Waals surface area contributed by atoms with Crippen LogP contribution in [0.25, 0.3) is 0 Å². The van der Waals surface area contributed by atoms with Crippen LogP contribution in [-0.2, 0) is 4.74 Å². The van der Waals surface area contributed by atoms with Crippen molar-refractivity contribution in [1.29, 1.82) is 0 Å². The lowest BCUT2D eigenvalue weighted by molar-refractivity contribution is 0.207. The number of guanidine groups is 1. The summed E-state index contributed by atoms with van der Waals surface area (Å²) >= 11 is 5.83. The largest absolute Gasteiger partial charge is 0.492 e. The van der Waals surface area contributed by atoms with Gasteiger partial charge in [-0.05, 0) is 31.2 Å². The van der Waals surface area contributed by atoms with Gasteiger partial charge in [-0.15, -0.1) is 0 Å². The lowest BCUT2D eigenvalue weighted by Gasteiger charge is -2.22. The molecule has 0 atom stereocenters. The van der Waals surface area contributed by atoms with Gasteiger partial charge in [-0.25, -0.2) is 0 Å². The Labute approximate surface area is 131 Å². The Balaban J connectivity index is 2.40. The van der Waals surface area contributed by atoms with E-state index in [0.29, 0.717) is 24.8 Å². The fraction of sp³-hybridized carbons (Fsp3) is 0.533. The van der Waals surface area contributed by atoms with Crippen LogP contribution in [0.15, 0.2) is 29.3 Å². The third-order valence-corrected chi connectivity index (χ3v) is 3.01. The van der Waals surface area contributed by atoms with E-state index in [1.807, 2.05) is 43.1 Å². The van der Waals surface area contributed by atoms with E-state index in [1.165, 1.54) is 0 Å². The molecule has 0 spiro atoms. The van der Waals surface area contributed by atoms with Crippen LogP contribution < -0.4 is 10.1 Å². The predicted octanol–water partition coefficient (Wildman–Crippen LogP) is 2.26. The number of nitrogens with zero attached hydrogens (tertiary/aromatic N) is 2. The molecule has 21 heavy (non-hydrogen) atoms. The van der Waals surface area contributed by atoms with Gasteiger partial charge in [0.05, 0.1) is 19.7 Å². The van der Waals surface area contributed by atoms with Crippen molar-refractivity contribution in [3.63, 3.8) is 0 Å². The molecule has 0 aliphatic rings. The first-order valence-corrected chi connectivity index (χ1v) is 7.42. The lowest BCUT2D eigenvalue weighted by Crippen LogP contribution is -2.41. The molecule has 118 valence electrons. The highest BCUT2D eigenvalue weighted by molar-refractivity contribution is 6.30. The minimum Gasteiger partial charge on any atom is -0.492 e. The van der Waals surface area contributed by atoms with Crippen molar-refractivity contribution in [1.82, 2.24) is 10.2 Å². The predicted molar refractivity (Wildman–Crippen MR) is 87.4 cm³/mol. The zero-order valence-corrected chi connectivity index (χ0v) is 13.7. The summed E-state index contributed by atoms with van der Waals surface area (Å²) < 4.78 is 10.7. The normalized spacial score (nSPS) is 11.3. The molecular formula is C15H24ClN3O2. The Morgan fingerprint density at radius 2 is 2.00 bits per heavy atom. The number of halogens is 1. The zero-order chi connectivity index (χ0) is 15.5. The molecule has 6 heteroatoms. The van der Waals surface area contributed by atoms with Crippen LogP contribution in [0.2, 0.25) is 5.02 Å². The van der Waals surface area contributed by atoms with Gasteiger partial charge in [0, 0.05) is 25.7 Å². The average molecular weight is 314 g/mol. The Morgan fingerprint density at radius 3 is 2.62 bits per heavy atom. The monoisotopic (exact) mass is 313 g/mol. The lowest BCUT2D eigenvalue weighted by atomic mass is 10.3. The highest BCUT2D eigenvalue weighted by Crippen LogP contribution is 2.15. The molecule has 0 bridgehead atoms. The number of likely N-dealkylation sites (N-methyl/N-ethyl adjacent to an activating group) is 1. The molecule has 1 aromatic rings. The second-order valence-electron chi connectivity index (χ2n) is 4.45. The van der Waals surface area contributed by atoms with E-state index in [0.717, 1.165) is 24.8 Å². The Hall–Kier alpha value is -1.46. The molecule has 0 aliphatic heterocycles. The minimum absolute atomic E-state index is 0.576. The Bertz CT molecular complexity index is 423. The average Bonchev–Trinajstić information content (AvgIpc) is 2.48. The molecule has 1 aromatic carbocycles. The fourth-order valence-electron chi connectivity index (χ4n) is 1.65. The fourth-order valence-corrected chi connectivity index (χ4v) is 1.78. The maximum absolute atomic E-state index is 5.83. The molecule has 0 unspecified atom stereocenters. The van der Waals surface area contributed by atoms with Crippen molar-refractivity contribution < 1.29 is 9.47 Å². The van der Waals surface area contributed by atoms with E-state index < -0.39 is 0 Å². The van der Waals surface area contributed by atoms with E-state index in [-0.39, 0.29) is 0 Å². The van der Waals surface area contributed by atoms with Crippen molar-refractivity contribution >= 4 is 17.6 Å². The number of benzene rings is 1. The van der Waals surface area contributed by atoms with Gasteiger partial charge >= 0.3 is 0 Å². The maximum atomic E-state index is 5.83. The molecule has 0 fully saturated rings. The quantitative estimate of drug-likeness (QED) is 0.454. The summed E-state index contributed by atoms with van der Waals surface area (Å²) in [7, 11) is 3.66. The molecule has 0 saturated carbocycles. The van der Waals surface area contributed by atoms with Crippen LogP contribution in [0.5, 0.6) is 5.75 Å². The number of hydrogen-bond donors (Lipinski definition) is 1. The smallest absolute Gasteiger partial charge is 0.193 e. The SMILES string of the molecule is CCNC(=NCCOC)N(C)CCOc1ccc(Cl)cc1. The molecule has 0 aliphatic carbocycles. The van der Waals surface area contributed by atoms with Crippen LogP contribution >= 0.6 is 11.6 Å². The third-order valence-electron chi connectivity index (χ3n) is 2.76. The first kappa shape index (κ1) is 17.6. The van der Waals surface area contributed by atoms with Gasteiger partial charge < -0.3 is 19.7 Å². The van der Waals surface area contributed by atoms with Crippen molar-refractivity contribution in [2.75, 3.05) is 47.0 Å². The Morgan fingerprint density at radius 1 is 1.29 bits per heavy atom. The minimum atomic E-state index is 0.576. The van der Waals surface area contributed by atoms with E-state index in [1.54, 1.807) is 7.11 Å². The maximum Gasteiger partial charge on any atom is 0.193 e. The van der Waals surface area contributed by atoms with Crippen LogP contribution in [0.3, 0.4) is 0 Å². The number of hydrogen-bond acceptors (Lipinski definition) is 3. The van der Waals surface area contributed by atoms with Crippen LogP contribution in [0.1, 0.15) is 6.92 Å². The van der Waals surface area contributed by atoms with Gasteiger partial charge in [0.2, 0.25) is 0 Å². The van der Waals surface area contributed by atoms with Gasteiger partial charge in [-0.3, -0.25) is 4.99 Å². The molecule has 0 amide bonds. The number of ether oxygens (including phenoxy) is 2. The van der Waals surface area contributed by atoms with E-state index in [9.17, 15) is 0 Å². The van der Waals surface area contributed by atoms with Gasteiger partial charge in [-0.1, -0.05) is 11.6 Å². The van der Waals surface area contributed by atoms with Gasteiger partial charge in [0.1, 0.15) is 12.4 Å². The van der Waals surface area contributed by atoms with Crippen molar-refractivity contribution in [3.8, 4) is 5.75 Å². The number of nitrogens with one attached hydrogen (secondary N) is 1. The summed E-state index contributed by atoms with van der Waals surface area (Å²) in [6, 6.07) is 7.36. The summed E-state index contributed by atoms with van der Waals surface area (Å²) in [5, 5.41) is 3.95. The molecule has 0 saturated heterocycles. The molecular weight excluding hydrogens is 290 g/mol. The van der Waals surface area contributed by atoms with Gasteiger partial charge in [0.15, 0.2) is 5.96 Å². The highest BCUT2D eigenvalue weighted by Gasteiger charge is 2.05. The molecule has 1 rings (SSSR count). The molecule has 5 nitrogen and oxygen atoms in total. The number of aliphatic imine (C=N–C) groups is 1. The first-order valence-electron chi connectivity index (χ1n) is 7.04. The molecule has 0 aromatic heterocycles. The summed E-state index contributed by atoms with van der Waals surface area (Å²) in [5.41, 5.74) is 0. The topological polar surface area (TPSA) is 46.1 Å². The van der Waals surface area contributed by atoms with Gasteiger partial charge in [-0.2, -0.15) is 0 Å². The Kier molecular flexibility index (Phi) is 8.62. The second-order valence-corrected chi connectivity index (χ2v) is 4.89. The number of rotatable bonds is 8. The summed E-state index contributed by atoms with van der Waals surface area (Å²) in [5.74, 6) is 1.67. The van der Waals surface area contributed by atoms with Gasteiger partial charge in [0.25, 0.3) is 0 Å². The molecule has 0 heterocycles. The van der Waals surface area contributed by atoms with E-state index in [4.69, 9.17) is 21.1 Å². The van der Waals surface area contributed by atoms with E-state index >= 15 is 0 Å². The van der Waals surface area contributed by atoms with Crippen LogP contribution in [0.4, 0.5) is 0 Å². The second kappa shape index (κ2) is 10.3. The molecule has 1 N–H and O–H groups in total. The summed E-state index contributed by atoms with van der Waals surface area (Å²) in [6.45, 7) is 5.44.